The molecule has 98 valence electrons. The van der Waals surface area contributed by atoms with Crippen LogP contribution >= 0.6 is 0 Å². The Bertz CT molecular complexity index is 161. The van der Waals surface area contributed by atoms with Crippen molar-refractivity contribution in [1.29, 1.82) is 0 Å². The Morgan fingerprint density at radius 1 is 0.938 bits per heavy atom. The van der Waals surface area contributed by atoms with E-state index in [-0.39, 0.29) is 5.92 Å². The van der Waals surface area contributed by atoms with Gasteiger partial charge >= 0.3 is 6.18 Å². The minimum absolute atomic E-state index is 0.268. The van der Waals surface area contributed by atoms with E-state index in [9.17, 15) is 13.2 Å². The average molecular weight is 238 g/mol. The summed E-state index contributed by atoms with van der Waals surface area (Å²) in [5.41, 5.74) is 0. The molecule has 0 radical (unpaired) electrons. The molecular weight excluding hydrogens is 213 g/mol. The zero-order valence-corrected chi connectivity index (χ0v) is 10.7. The highest BCUT2D eigenvalue weighted by molar-refractivity contribution is 4.64. The largest absolute Gasteiger partial charge is 0.389 e. The molecule has 0 fully saturated rings. The lowest BCUT2D eigenvalue weighted by Crippen LogP contribution is -2.11. The van der Waals surface area contributed by atoms with Gasteiger partial charge in [-0.1, -0.05) is 52.9 Å². The highest BCUT2D eigenvalue weighted by atomic mass is 19.4. The summed E-state index contributed by atoms with van der Waals surface area (Å²) in [6.07, 6.45) is 0.808. The fourth-order valence-electron chi connectivity index (χ4n) is 1.86. The fourth-order valence-corrected chi connectivity index (χ4v) is 1.86. The minimum Gasteiger partial charge on any atom is -0.171 e. The summed E-state index contributed by atoms with van der Waals surface area (Å²) in [7, 11) is 0. The molecule has 0 aromatic carbocycles. The third kappa shape index (κ3) is 10.3. The number of rotatable bonds is 8. The Hall–Kier alpha value is -0.210. The van der Waals surface area contributed by atoms with Gasteiger partial charge in [-0.25, -0.2) is 0 Å². The van der Waals surface area contributed by atoms with Gasteiger partial charge in [-0.05, 0) is 18.3 Å². The van der Waals surface area contributed by atoms with E-state index >= 15 is 0 Å². The Morgan fingerprint density at radius 3 is 2.00 bits per heavy atom. The Labute approximate surface area is 97.6 Å². The summed E-state index contributed by atoms with van der Waals surface area (Å²) in [5, 5.41) is 0. The quantitative estimate of drug-likeness (QED) is 0.518. The first-order valence-corrected chi connectivity index (χ1v) is 6.42. The van der Waals surface area contributed by atoms with Crippen molar-refractivity contribution < 1.29 is 13.2 Å². The molecule has 16 heavy (non-hydrogen) atoms. The van der Waals surface area contributed by atoms with E-state index in [1.54, 1.807) is 0 Å². The summed E-state index contributed by atoms with van der Waals surface area (Å²) < 4.78 is 36.4. The maximum atomic E-state index is 12.1. The third-order valence-electron chi connectivity index (χ3n) is 2.95. The molecule has 0 saturated heterocycles. The van der Waals surface area contributed by atoms with Crippen LogP contribution in [-0.4, -0.2) is 6.18 Å². The third-order valence-corrected chi connectivity index (χ3v) is 2.95. The topological polar surface area (TPSA) is 0 Å². The molecule has 0 N–H and O–H groups in total. The van der Waals surface area contributed by atoms with Gasteiger partial charge in [0.05, 0.1) is 0 Å². The fraction of sp³-hybridized carbons (Fsp3) is 1.00. The van der Waals surface area contributed by atoms with E-state index in [2.05, 4.69) is 20.8 Å². The predicted molar refractivity (Wildman–Crippen MR) is 62.4 cm³/mol. The second-order valence-corrected chi connectivity index (χ2v) is 5.13. The molecule has 0 aliphatic rings. The number of hydrogen-bond acceptors (Lipinski definition) is 0. The predicted octanol–water partition coefficient (Wildman–Crippen LogP) is 5.57. The van der Waals surface area contributed by atoms with E-state index < -0.39 is 12.6 Å². The van der Waals surface area contributed by atoms with Crippen molar-refractivity contribution >= 4 is 0 Å². The molecule has 0 aliphatic heterocycles. The number of unbranched alkanes of at least 4 members (excludes halogenated alkanes) is 1. The zero-order chi connectivity index (χ0) is 12.6. The van der Waals surface area contributed by atoms with Gasteiger partial charge in [-0.15, -0.1) is 0 Å². The monoisotopic (exact) mass is 238 g/mol. The first kappa shape index (κ1) is 15.8. The summed E-state index contributed by atoms with van der Waals surface area (Å²) in [4.78, 5) is 0. The number of alkyl halides is 3. The number of halogens is 3. The summed E-state index contributed by atoms with van der Waals surface area (Å²) >= 11 is 0. The minimum atomic E-state index is -3.98. The first-order valence-electron chi connectivity index (χ1n) is 6.42. The van der Waals surface area contributed by atoms with Gasteiger partial charge in [0.1, 0.15) is 0 Å². The summed E-state index contributed by atoms with van der Waals surface area (Å²) in [6.45, 7) is 6.34. The standard InChI is InChI=1S/C13H25F3/c1-4-5-6-12(8-7-11(2)3)9-10-13(14,15)16/h11-12H,4-10H2,1-3H3. The summed E-state index contributed by atoms with van der Waals surface area (Å²) in [5.74, 6) is 0.860. The highest BCUT2D eigenvalue weighted by Gasteiger charge is 2.28. The van der Waals surface area contributed by atoms with E-state index in [0.717, 1.165) is 32.1 Å². The van der Waals surface area contributed by atoms with Crippen molar-refractivity contribution in [2.24, 2.45) is 11.8 Å². The molecule has 0 rings (SSSR count). The Morgan fingerprint density at radius 2 is 1.56 bits per heavy atom. The number of hydrogen-bond donors (Lipinski definition) is 0. The molecule has 1 unspecified atom stereocenters. The lowest BCUT2D eigenvalue weighted by molar-refractivity contribution is -0.137. The van der Waals surface area contributed by atoms with E-state index in [4.69, 9.17) is 0 Å². The van der Waals surface area contributed by atoms with Crippen LogP contribution in [0.3, 0.4) is 0 Å². The van der Waals surface area contributed by atoms with Crippen molar-refractivity contribution in [2.75, 3.05) is 0 Å². The zero-order valence-electron chi connectivity index (χ0n) is 10.7. The normalized spacial score (nSPS) is 14.4. The second-order valence-electron chi connectivity index (χ2n) is 5.13. The van der Waals surface area contributed by atoms with Gasteiger partial charge in [0.2, 0.25) is 0 Å². The molecule has 3 heteroatoms. The van der Waals surface area contributed by atoms with Crippen LogP contribution in [-0.2, 0) is 0 Å². The van der Waals surface area contributed by atoms with Crippen LogP contribution in [0.1, 0.15) is 65.7 Å². The molecular formula is C13H25F3. The van der Waals surface area contributed by atoms with Gasteiger partial charge in [0.25, 0.3) is 0 Å². The molecule has 0 bridgehead atoms. The van der Waals surface area contributed by atoms with Crippen molar-refractivity contribution in [2.45, 2.75) is 71.9 Å². The van der Waals surface area contributed by atoms with Gasteiger partial charge in [0.15, 0.2) is 0 Å². The maximum absolute atomic E-state index is 12.1. The van der Waals surface area contributed by atoms with Crippen molar-refractivity contribution in [1.82, 2.24) is 0 Å². The molecule has 0 nitrogen and oxygen atoms in total. The lowest BCUT2D eigenvalue weighted by atomic mass is 9.89. The average Bonchev–Trinajstić information content (AvgIpc) is 2.15. The molecule has 0 amide bonds. The van der Waals surface area contributed by atoms with E-state index in [1.807, 2.05) is 0 Å². The molecule has 1 atom stereocenters. The molecule has 0 heterocycles. The lowest BCUT2D eigenvalue weighted by Gasteiger charge is -2.18. The van der Waals surface area contributed by atoms with E-state index in [1.165, 1.54) is 0 Å². The van der Waals surface area contributed by atoms with Crippen LogP contribution in [0.4, 0.5) is 13.2 Å². The highest BCUT2D eigenvalue weighted by Crippen LogP contribution is 2.29. The molecule has 0 aromatic rings. The Kier molecular flexibility index (Phi) is 7.86. The molecule has 0 aliphatic carbocycles. The smallest absolute Gasteiger partial charge is 0.171 e. The van der Waals surface area contributed by atoms with Gasteiger partial charge in [0, 0.05) is 6.42 Å². The molecule has 0 saturated carbocycles. The van der Waals surface area contributed by atoms with Crippen LogP contribution in [0.25, 0.3) is 0 Å². The van der Waals surface area contributed by atoms with Crippen molar-refractivity contribution in [3.8, 4) is 0 Å². The van der Waals surface area contributed by atoms with Crippen molar-refractivity contribution in [3.05, 3.63) is 0 Å². The first-order chi connectivity index (χ1) is 7.35. The Balaban J connectivity index is 3.89. The van der Waals surface area contributed by atoms with Crippen molar-refractivity contribution in [3.63, 3.8) is 0 Å². The van der Waals surface area contributed by atoms with Gasteiger partial charge in [-0.3, -0.25) is 0 Å². The van der Waals surface area contributed by atoms with Gasteiger partial charge < -0.3 is 0 Å². The van der Waals surface area contributed by atoms with Crippen LogP contribution in [0.5, 0.6) is 0 Å². The van der Waals surface area contributed by atoms with E-state index in [0.29, 0.717) is 12.3 Å². The SMILES string of the molecule is CCCCC(CCC(C)C)CCC(F)(F)F. The van der Waals surface area contributed by atoms with Crippen LogP contribution in [0, 0.1) is 11.8 Å². The van der Waals surface area contributed by atoms with Gasteiger partial charge in [-0.2, -0.15) is 13.2 Å². The molecule has 0 spiro atoms. The second kappa shape index (κ2) is 7.97. The molecule has 0 aromatic heterocycles. The van der Waals surface area contributed by atoms with Crippen LogP contribution in [0.2, 0.25) is 0 Å². The van der Waals surface area contributed by atoms with Crippen LogP contribution < -0.4 is 0 Å². The summed E-state index contributed by atoms with van der Waals surface area (Å²) in [6, 6.07) is 0. The maximum Gasteiger partial charge on any atom is 0.389 e. The van der Waals surface area contributed by atoms with Crippen LogP contribution in [0.15, 0.2) is 0 Å².